The van der Waals surface area contributed by atoms with Crippen LogP contribution in [-0.4, -0.2) is 42.3 Å². The molecule has 1 aliphatic rings. The highest BCUT2D eigenvalue weighted by atomic mass is 19.1. The Morgan fingerprint density at radius 1 is 1.87 bits per heavy atom. The predicted octanol–water partition coefficient (Wildman–Crippen LogP) is -0.105. The third-order valence-corrected chi connectivity index (χ3v) is 2.20. The molecule has 6 nitrogen and oxygen atoms in total. The summed E-state index contributed by atoms with van der Waals surface area (Å²) in [6.45, 7) is 1.28. The molecule has 0 saturated carbocycles. The molecule has 7 heteroatoms. The molecule has 0 bridgehead atoms. The number of carbonyl (C=O) groups is 1. The summed E-state index contributed by atoms with van der Waals surface area (Å²) in [5.74, 6) is -1.03. The largest absolute Gasteiger partial charge is 0.453 e. The number of ether oxygens (including phenoxy) is 1. The molecule has 1 heterocycles. The van der Waals surface area contributed by atoms with Crippen LogP contribution < -0.4 is 5.31 Å². The Bertz CT molecular complexity index is 291. The molecule has 0 aromatic rings. The number of nitrogens with one attached hydrogen (secondary N) is 1. The zero-order valence-electron chi connectivity index (χ0n) is 9.26. The van der Waals surface area contributed by atoms with Crippen LogP contribution in [0.1, 0.15) is 13.3 Å². The lowest BCUT2D eigenvalue weighted by molar-refractivity contribution is -0.511. The lowest BCUT2D eigenvalue weighted by Gasteiger charge is -2.14. The first-order chi connectivity index (χ1) is 7.45. The number of carbonyl (C=O) groups excluding carboxylic acids is 1. The van der Waals surface area contributed by atoms with Crippen LogP contribution in [0.5, 0.6) is 0 Å². The molecule has 0 radical (unpaired) electrons. The van der Waals surface area contributed by atoms with Gasteiger partial charge in [-0.15, -0.1) is 0 Å². The van der Waals surface area contributed by atoms with Crippen molar-refractivity contribution in [2.75, 3.05) is 13.1 Å². The Labute approximate surface area is 87.4 Å². The fraction of sp³-hybridized carbons (Fsp3) is 0.875. The second-order valence-electron chi connectivity index (χ2n) is 3.29. The number of esters is 1. The summed E-state index contributed by atoms with van der Waals surface area (Å²) in [4.78, 5) is 21.0. The second kappa shape index (κ2) is 5.01. The van der Waals surface area contributed by atoms with Gasteiger partial charge in [0.15, 0.2) is 6.17 Å². The minimum atomic E-state index is -1.45. The third kappa shape index (κ3) is 2.85. The van der Waals surface area contributed by atoms with Crippen molar-refractivity contribution in [3.63, 3.8) is 0 Å². The third-order valence-electron chi connectivity index (χ3n) is 2.20. The smallest absolute Gasteiger partial charge is 0.382 e. The molecular formula is C8H13FN2O4. The van der Waals surface area contributed by atoms with E-state index in [2.05, 4.69) is 0 Å². The minimum Gasteiger partial charge on any atom is -0.453 e. The van der Waals surface area contributed by atoms with Crippen molar-refractivity contribution in [3.8, 4) is 0 Å². The van der Waals surface area contributed by atoms with Gasteiger partial charge in [0.1, 0.15) is 7.52 Å². The summed E-state index contributed by atoms with van der Waals surface area (Å²) in [7, 11) is 0. The number of rotatable bonds is 4. The normalized spacial score (nSPS) is 29.6. The van der Waals surface area contributed by atoms with Crippen LogP contribution in [-0.2, 0) is 9.53 Å². The fourth-order valence-corrected chi connectivity index (χ4v) is 1.30. The Morgan fingerprint density at radius 3 is 2.93 bits per heavy atom. The van der Waals surface area contributed by atoms with Gasteiger partial charge in [-0.3, -0.25) is 10.1 Å². The summed E-state index contributed by atoms with van der Waals surface area (Å²) in [5, 5.41) is 11.4. The van der Waals surface area contributed by atoms with Gasteiger partial charge in [0.2, 0.25) is 0 Å². The van der Waals surface area contributed by atoms with Gasteiger partial charge in [0.25, 0.3) is 0 Å². The van der Waals surface area contributed by atoms with E-state index in [-0.39, 0.29) is 19.5 Å². The van der Waals surface area contributed by atoms with Crippen LogP contribution in [0.2, 0.25) is 1.41 Å². The van der Waals surface area contributed by atoms with Gasteiger partial charge in [-0.05, 0) is 0 Å². The van der Waals surface area contributed by atoms with E-state index in [4.69, 9.17) is 6.15 Å². The van der Waals surface area contributed by atoms with Gasteiger partial charge >= 0.3 is 12.0 Å². The number of hydrogen-bond donors (Lipinski definition) is 1. The van der Waals surface area contributed by atoms with Crippen molar-refractivity contribution >= 4 is 5.97 Å². The van der Waals surface area contributed by atoms with Gasteiger partial charge < -0.3 is 10.0 Å². The Balaban J connectivity index is 2.53. The van der Waals surface area contributed by atoms with Gasteiger partial charge in [-0.25, -0.2) is 9.18 Å². The van der Waals surface area contributed by atoms with Crippen molar-refractivity contribution in [3.05, 3.63) is 10.1 Å². The zero-order valence-corrected chi connectivity index (χ0v) is 8.26. The first-order valence-electron chi connectivity index (χ1n) is 5.12. The van der Waals surface area contributed by atoms with Crippen LogP contribution in [0, 0.1) is 10.1 Å². The standard InChI is InChI=1S/C8H13FN2O4/c1-2-6(11(13)14)8(12)15-7-4-10-3-5(7)9/h5-7,10H,2-4H2,1H3/i/hD. The van der Waals surface area contributed by atoms with Crippen LogP contribution in [0.25, 0.3) is 0 Å². The molecular weight excluding hydrogens is 207 g/mol. The Hall–Kier alpha value is -1.24. The molecule has 0 aliphatic carbocycles. The van der Waals surface area contributed by atoms with E-state index >= 15 is 0 Å². The molecule has 1 saturated heterocycles. The lowest BCUT2D eigenvalue weighted by Crippen LogP contribution is -2.36. The van der Waals surface area contributed by atoms with Crippen LogP contribution in [0.3, 0.4) is 0 Å². The molecule has 0 amide bonds. The zero-order chi connectivity index (χ0) is 12.3. The number of nitro groups is 1. The highest BCUT2D eigenvalue weighted by Crippen LogP contribution is 2.11. The maximum atomic E-state index is 13.2. The number of nitrogens with zero attached hydrogens (tertiary/aromatic N) is 1. The second-order valence-corrected chi connectivity index (χ2v) is 3.29. The van der Waals surface area contributed by atoms with E-state index in [9.17, 15) is 19.3 Å². The van der Waals surface area contributed by atoms with E-state index in [0.29, 0.717) is 0 Å². The maximum Gasteiger partial charge on any atom is 0.382 e. The van der Waals surface area contributed by atoms with Gasteiger partial charge in [-0.2, -0.15) is 0 Å². The highest BCUT2D eigenvalue weighted by Gasteiger charge is 2.36. The first-order valence-corrected chi connectivity index (χ1v) is 4.67. The summed E-state index contributed by atoms with van der Waals surface area (Å²) >= 11 is 0. The summed E-state index contributed by atoms with van der Waals surface area (Å²) in [5.41, 5.74) is 0. The van der Waals surface area contributed by atoms with E-state index < -0.39 is 29.2 Å². The van der Waals surface area contributed by atoms with Crippen LogP contribution in [0.15, 0.2) is 0 Å². The van der Waals surface area contributed by atoms with Gasteiger partial charge in [0.05, 0.1) is 0 Å². The molecule has 15 heavy (non-hydrogen) atoms. The van der Waals surface area contributed by atoms with E-state index in [1.54, 1.807) is 0 Å². The molecule has 1 rings (SSSR count). The van der Waals surface area contributed by atoms with Crippen molar-refractivity contribution in [1.29, 1.82) is 0 Å². The average Bonchev–Trinajstić information content (AvgIpc) is 2.45. The molecule has 0 aromatic heterocycles. The van der Waals surface area contributed by atoms with Gasteiger partial charge in [0, 0.05) is 24.4 Å². The molecule has 3 atom stereocenters. The topological polar surface area (TPSA) is 81.5 Å². The van der Waals surface area contributed by atoms with Crippen LogP contribution in [0.4, 0.5) is 4.39 Å². The van der Waals surface area contributed by atoms with Crippen LogP contribution >= 0.6 is 0 Å². The van der Waals surface area contributed by atoms with E-state index in [1.807, 2.05) is 0 Å². The number of hydrogen-bond acceptors (Lipinski definition) is 5. The summed E-state index contributed by atoms with van der Waals surface area (Å²) < 4.78 is 25.0. The van der Waals surface area contributed by atoms with Crippen molar-refractivity contribution in [2.24, 2.45) is 0 Å². The molecule has 1 fully saturated rings. The number of alkyl halides is 1. The fourth-order valence-electron chi connectivity index (χ4n) is 1.30. The summed E-state index contributed by atoms with van der Waals surface area (Å²) in [6, 6.07) is -1.45. The van der Waals surface area contributed by atoms with Crippen molar-refractivity contribution in [1.82, 2.24) is 5.31 Å². The molecule has 1 N–H and O–H groups in total. The molecule has 1 aliphatic heterocycles. The molecule has 0 spiro atoms. The monoisotopic (exact) mass is 221 g/mol. The Morgan fingerprint density at radius 2 is 2.53 bits per heavy atom. The van der Waals surface area contributed by atoms with Crippen molar-refractivity contribution in [2.45, 2.75) is 31.7 Å². The quantitative estimate of drug-likeness (QED) is 0.407. The van der Waals surface area contributed by atoms with E-state index in [1.165, 1.54) is 6.92 Å². The molecule has 0 aromatic carbocycles. The summed E-state index contributed by atoms with van der Waals surface area (Å²) in [6.07, 6.45) is -2.52. The predicted molar refractivity (Wildman–Crippen MR) is 48.7 cm³/mol. The average molecular weight is 221 g/mol. The minimum absolute atomic E-state index is 0.0000942. The van der Waals surface area contributed by atoms with Gasteiger partial charge in [-0.1, -0.05) is 6.92 Å². The highest BCUT2D eigenvalue weighted by molar-refractivity contribution is 5.74. The van der Waals surface area contributed by atoms with Crippen molar-refractivity contribution < 1.29 is 20.3 Å². The Kier molecular flexibility index (Phi) is 3.44. The lowest BCUT2D eigenvalue weighted by atomic mass is 10.2. The first kappa shape index (κ1) is 10.3. The number of halogens is 1. The molecule has 3 unspecified atom stereocenters. The maximum absolute atomic E-state index is 13.2. The SMILES string of the molecule is [2H]N1CC(F)C(OC(=O)C(CC)[N+](=O)[O-])C1. The molecule has 86 valence electrons. The van der Waals surface area contributed by atoms with E-state index in [0.717, 1.165) is 5.31 Å².